The maximum Gasteiger partial charge on any atom is 0.268 e. The van der Waals surface area contributed by atoms with Crippen LogP contribution in [-0.4, -0.2) is 10.9 Å². The van der Waals surface area contributed by atoms with E-state index in [0.29, 0.717) is 10.9 Å². The van der Waals surface area contributed by atoms with E-state index in [-0.39, 0.29) is 5.57 Å². The number of anilines is 1. The highest BCUT2D eigenvalue weighted by atomic mass is 32.1. The van der Waals surface area contributed by atoms with Crippen LogP contribution in [0.4, 0.5) is 5.13 Å². The number of carbonyl (C=O) groups excluding carboxylic acids is 1. The lowest BCUT2D eigenvalue weighted by Crippen LogP contribution is -2.13. The molecule has 1 aromatic carbocycles. The monoisotopic (exact) mass is 363 g/mol. The topological polar surface area (TPSA) is 78.9 Å². The van der Waals surface area contributed by atoms with Crippen LogP contribution in [0.25, 0.3) is 6.08 Å². The highest BCUT2D eigenvalue weighted by molar-refractivity contribution is 7.15. The second kappa shape index (κ2) is 7.81. The minimum absolute atomic E-state index is 0.0327. The molecule has 0 saturated heterocycles. The summed E-state index contributed by atoms with van der Waals surface area (Å²) in [6.45, 7) is 3.85. The molecule has 0 radical (unpaired) electrons. The van der Waals surface area contributed by atoms with Gasteiger partial charge in [0.25, 0.3) is 5.91 Å². The standard InChI is InChI=1S/C20H17N3O2S/c1-13-3-6-15(7-4-13)9-18-12-22-20(26-18)23-19(24)16(11-21)10-17-8-5-14(2)25-17/h3-8,10,12H,9H2,1-2H3,(H,22,23,24). The van der Waals surface area contributed by atoms with Crippen molar-refractivity contribution >= 4 is 28.5 Å². The summed E-state index contributed by atoms with van der Waals surface area (Å²) in [5.41, 5.74) is 2.37. The molecule has 6 heteroatoms. The lowest BCUT2D eigenvalue weighted by Gasteiger charge is -2.00. The molecule has 2 heterocycles. The third-order valence-electron chi connectivity index (χ3n) is 3.69. The fourth-order valence-corrected chi connectivity index (χ4v) is 3.18. The Kier molecular flexibility index (Phi) is 5.30. The zero-order valence-electron chi connectivity index (χ0n) is 14.4. The second-order valence-electron chi connectivity index (χ2n) is 5.87. The first-order valence-electron chi connectivity index (χ1n) is 8.03. The molecule has 0 spiro atoms. The first kappa shape index (κ1) is 17.6. The number of nitriles is 1. The summed E-state index contributed by atoms with van der Waals surface area (Å²) in [6, 6.07) is 13.7. The highest BCUT2D eigenvalue weighted by Crippen LogP contribution is 2.22. The number of nitrogens with zero attached hydrogens (tertiary/aromatic N) is 2. The minimum atomic E-state index is -0.502. The third kappa shape index (κ3) is 4.47. The van der Waals surface area contributed by atoms with Crippen molar-refractivity contribution < 1.29 is 9.21 Å². The lowest BCUT2D eigenvalue weighted by atomic mass is 10.1. The smallest absolute Gasteiger partial charge is 0.268 e. The van der Waals surface area contributed by atoms with E-state index in [4.69, 9.17) is 4.42 Å². The molecule has 2 aromatic heterocycles. The van der Waals surface area contributed by atoms with E-state index in [2.05, 4.69) is 41.5 Å². The number of amides is 1. The Morgan fingerprint density at radius 1 is 1.27 bits per heavy atom. The van der Waals surface area contributed by atoms with Crippen molar-refractivity contribution in [1.29, 1.82) is 5.26 Å². The zero-order chi connectivity index (χ0) is 18.5. The Hall–Kier alpha value is -3.17. The molecule has 1 amide bonds. The normalized spacial score (nSPS) is 11.2. The predicted octanol–water partition coefficient (Wildman–Crippen LogP) is 4.49. The first-order valence-corrected chi connectivity index (χ1v) is 8.85. The number of benzene rings is 1. The van der Waals surface area contributed by atoms with Gasteiger partial charge in [-0.3, -0.25) is 10.1 Å². The number of aromatic nitrogens is 1. The van der Waals surface area contributed by atoms with E-state index in [0.717, 1.165) is 17.1 Å². The van der Waals surface area contributed by atoms with E-state index < -0.39 is 5.91 Å². The van der Waals surface area contributed by atoms with Crippen LogP contribution in [0.15, 0.2) is 52.6 Å². The van der Waals surface area contributed by atoms with Gasteiger partial charge in [-0.2, -0.15) is 5.26 Å². The van der Waals surface area contributed by atoms with Crippen molar-refractivity contribution in [3.63, 3.8) is 0 Å². The molecule has 0 unspecified atom stereocenters. The fraction of sp³-hybridized carbons (Fsp3) is 0.150. The summed E-state index contributed by atoms with van der Waals surface area (Å²) in [4.78, 5) is 17.5. The molecule has 0 aliphatic carbocycles. The molecule has 0 bridgehead atoms. The fourth-order valence-electron chi connectivity index (χ4n) is 2.34. The van der Waals surface area contributed by atoms with E-state index in [9.17, 15) is 10.1 Å². The number of hydrogen-bond donors (Lipinski definition) is 1. The average molecular weight is 363 g/mol. The zero-order valence-corrected chi connectivity index (χ0v) is 15.3. The van der Waals surface area contributed by atoms with E-state index >= 15 is 0 Å². The van der Waals surface area contributed by atoms with Crippen LogP contribution in [0.3, 0.4) is 0 Å². The number of nitrogens with one attached hydrogen (secondary N) is 1. The van der Waals surface area contributed by atoms with Gasteiger partial charge in [0.15, 0.2) is 5.13 Å². The number of furan rings is 1. The molecule has 0 atom stereocenters. The SMILES string of the molecule is Cc1ccc(Cc2cnc(NC(=O)C(C#N)=Cc3ccc(C)o3)s2)cc1. The van der Waals surface area contributed by atoms with Crippen LogP contribution >= 0.6 is 11.3 Å². The maximum atomic E-state index is 12.3. The van der Waals surface area contributed by atoms with Crippen molar-refractivity contribution in [2.45, 2.75) is 20.3 Å². The van der Waals surface area contributed by atoms with Gasteiger partial charge in [0.1, 0.15) is 23.2 Å². The summed E-state index contributed by atoms with van der Waals surface area (Å²) >= 11 is 1.40. The molecule has 130 valence electrons. The van der Waals surface area contributed by atoms with Gasteiger partial charge < -0.3 is 4.42 Å². The van der Waals surface area contributed by atoms with Gasteiger partial charge in [0.05, 0.1) is 0 Å². The third-order valence-corrected chi connectivity index (χ3v) is 4.60. The van der Waals surface area contributed by atoms with Crippen LogP contribution < -0.4 is 5.32 Å². The van der Waals surface area contributed by atoms with Crippen LogP contribution in [0.2, 0.25) is 0 Å². The molecule has 0 aliphatic heterocycles. The van der Waals surface area contributed by atoms with E-state index in [1.807, 2.05) is 6.07 Å². The predicted molar refractivity (Wildman–Crippen MR) is 102 cm³/mol. The second-order valence-corrected chi connectivity index (χ2v) is 6.98. The highest BCUT2D eigenvalue weighted by Gasteiger charge is 2.13. The first-order chi connectivity index (χ1) is 12.5. The molecule has 0 aliphatic rings. The van der Waals surface area contributed by atoms with Crippen molar-refractivity contribution in [2.75, 3.05) is 5.32 Å². The Morgan fingerprint density at radius 2 is 2.04 bits per heavy atom. The van der Waals surface area contributed by atoms with E-state index in [1.54, 1.807) is 25.3 Å². The summed E-state index contributed by atoms with van der Waals surface area (Å²) in [5.74, 6) is 0.681. The average Bonchev–Trinajstić information content (AvgIpc) is 3.23. The van der Waals surface area contributed by atoms with Crippen LogP contribution in [0, 0.1) is 25.2 Å². The molecule has 1 N–H and O–H groups in total. The molecule has 3 aromatic rings. The van der Waals surface area contributed by atoms with Gasteiger partial charge in [0.2, 0.25) is 0 Å². The van der Waals surface area contributed by atoms with Crippen molar-refractivity contribution in [3.8, 4) is 6.07 Å². The Morgan fingerprint density at radius 3 is 2.69 bits per heavy atom. The summed E-state index contributed by atoms with van der Waals surface area (Å²) in [6.07, 6.45) is 3.91. The lowest BCUT2D eigenvalue weighted by molar-refractivity contribution is -0.112. The summed E-state index contributed by atoms with van der Waals surface area (Å²) in [7, 11) is 0. The number of aryl methyl sites for hydroxylation is 2. The number of rotatable bonds is 5. The van der Waals surface area contributed by atoms with Crippen molar-refractivity contribution in [2.24, 2.45) is 0 Å². The van der Waals surface area contributed by atoms with Gasteiger partial charge in [-0.25, -0.2) is 4.98 Å². The Balaban J connectivity index is 1.67. The minimum Gasteiger partial charge on any atom is -0.462 e. The maximum absolute atomic E-state index is 12.3. The Bertz CT molecular complexity index is 991. The van der Waals surface area contributed by atoms with Crippen LogP contribution in [0.1, 0.15) is 27.5 Å². The summed E-state index contributed by atoms with van der Waals surface area (Å²) < 4.78 is 5.37. The Labute approximate surface area is 155 Å². The number of thiazole rings is 1. The van der Waals surface area contributed by atoms with Crippen molar-refractivity contribution in [1.82, 2.24) is 4.98 Å². The van der Waals surface area contributed by atoms with E-state index in [1.165, 1.54) is 28.5 Å². The molecule has 3 rings (SSSR count). The van der Waals surface area contributed by atoms with Gasteiger partial charge in [-0.15, -0.1) is 11.3 Å². The number of hydrogen-bond acceptors (Lipinski definition) is 5. The quantitative estimate of drug-likeness (QED) is 0.535. The molecular formula is C20H17N3O2S. The summed E-state index contributed by atoms with van der Waals surface area (Å²) in [5, 5.41) is 12.4. The van der Waals surface area contributed by atoms with Crippen LogP contribution in [0.5, 0.6) is 0 Å². The molecule has 26 heavy (non-hydrogen) atoms. The largest absolute Gasteiger partial charge is 0.462 e. The van der Waals surface area contributed by atoms with Gasteiger partial charge in [-0.1, -0.05) is 29.8 Å². The van der Waals surface area contributed by atoms with Crippen LogP contribution in [-0.2, 0) is 11.2 Å². The molecule has 5 nitrogen and oxygen atoms in total. The van der Waals surface area contributed by atoms with Gasteiger partial charge in [-0.05, 0) is 31.5 Å². The van der Waals surface area contributed by atoms with Crippen molar-refractivity contribution in [3.05, 3.63) is 75.7 Å². The van der Waals surface area contributed by atoms with Gasteiger partial charge >= 0.3 is 0 Å². The number of carbonyl (C=O) groups is 1. The molecule has 0 saturated carbocycles. The molecular weight excluding hydrogens is 346 g/mol. The van der Waals surface area contributed by atoms with Gasteiger partial charge in [0, 0.05) is 23.6 Å². The molecule has 0 fully saturated rings.